The van der Waals surface area contributed by atoms with Gasteiger partial charge in [-0.1, -0.05) is 27.6 Å². The molecule has 0 aromatic heterocycles. The van der Waals surface area contributed by atoms with Crippen LogP contribution in [0.1, 0.15) is 37.7 Å². The van der Waals surface area contributed by atoms with E-state index in [1.807, 2.05) is 13.1 Å². The van der Waals surface area contributed by atoms with E-state index in [1.54, 1.807) is 6.07 Å². The number of allylic oxidation sites excluding steroid dienone is 1. The number of nitrogens with one attached hydrogen (secondary N) is 1. The Morgan fingerprint density at radius 1 is 1.32 bits per heavy atom. The lowest BCUT2D eigenvalue weighted by molar-refractivity contribution is 0.515. The molecule has 104 valence electrons. The Balaban J connectivity index is 2.02. The lowest BCUT2D eigenvalue weighted by Crippen LogP contribution is -2.28. The highest BCUT2D eigenvalue weighted by Gasteiger charge is 2.14. The molecule has 0 fully saturated rings. The highest BCUT2D eigenvalue weighted by Crippen LogP contribution is 2.23. The number of likely N-dealkylation sites (N-methyl/N-ethyl adjacent to an activating group) is 1. The van der Waals surface area contributed by atoms with E-state index in [0.29, 0.717) is 6.04 Å². The largest absolute Gasteiger partial charge is 0.316 e. The van der Waals surface area contributed by atoms with E-state index in [2.05, 4.69) is 27.3 Å². The number of hydrogen-bond acceptors (Lipinski definition) is 1. The second-order valence-corrected chi connectivity index (χ2v) is 6.15. The van der Waals surface area contributed by atoms with Crippen LogP contribution >= 0.6 is 15.9 Å². The first-order valence-corrected chi connectivity index (χ1v) is 7.77. The van der Waals surface area contributed by atoms with Crippen molar-refractivity contribution < 1.29 is 4.39 Å². The maximum Gasteiger partial charge on any atom is 0.126 e. The van der Waals surface area contributed by atoms with Crippen molar-refractivity contribution in [3.63, 3.8) is 0 Å². The van der Waals surface area contributed by atoms with Crippen LogP contribution in [0.15, 0.2) is 34.3 Å². The maximum atomic E-state index is 13.8. The number of halogens is 2. The molecule has 0 spiro atoms. The zero-order valence-electron chi connectivity index (χ0n) is 11.4. The first-order chi connectivity index (χ1) is 9.19. The number of benzene rings is 1. The second kappa shape index (κ2) is 7.20. The Kier molecular flexibility index (Phi) is 5.59. The summed E-state index contributed by atoms with van der Waals surface area (Å²) in [7, 11) is 1.96. The number of hydrogen-bond donors (Lipinski definition) is 1. The molecule has 1 aromatic rings. The van der Waals surface area contributed by atoms with Crippen LogP contribution < -0.4 is 5.32 Å². The minimum Gasteiger partial charge on any atom is -0.316 e. The van der Waals surface area contributed by atoms with Gasteiger partial charge in [0, 0.05) is 10.5 Å². The van der Waals surface area contributed by atoms with Gasteiger partial charge in [0.25, 0.3) is 0 Å². The third-order valence-electron chi connectivity index (χ3n) is 3.78. The van der Waals surface area contributed by atoms with E-state index >= 15 is 0 Å². The molecule has 2 rings (SSSR count). The quantitative estimate of drug-likeness (QED) is 0.779. The summed E-state index contributed by atoms with van der Waals surface area (Å²) in [6.45, 7) is 0. The molecule has 0 heterocycles. The van der Waals surface area contributed by atoms with Crippen molar-refractivity contribution in [2.24, 2.45) is 0 Å². The first kappa shape index (κ1) is 14.7. The smallest absolute Gasteiger partial charge is 0.126 e. The van der Waals surface area contributed by atoms with Crippen LogP contribution in [-0.2, 0) is 6.42 Å². The molecule has 1 aliphatic carbocycles. The van der Waals surface area contributed by atoms with Gasteiger partial charge in [-0.2, -0.15) is 0 Å². The van der Waals surface area contributed by atoms with E-state index < -0.39 is 0 Å². The third-order valence-corrected chi connectivity index (χ3v) is 4.27. The predicted octanol–water partition coefficient (Wildman–Crippen LogP) is 4.61. The molecule has 1 N–H and O–H groups in total. The molecule has 1 atom stereocenters. The summed E-state index contributed by atoms with van der Waals surface area (Å²) >= 11 is 3.41. The normalized spacial score (nSPS) is 17.1. The summed E-state index contributed by atoms with van der Waals surface area (Å²) in [5, 5.41) is 3.32. The lowest BCUT2D eigenvalue weighted by Gasteiger charge is -2.21. The Labute approximate surface area is 123 Å². The van der Waals surface area contributed by atoms with Crippen LogP contribution in [0.4, 0.5) is 4.39 Å². The minimum absolute atomic E-state index is 0.110. The van der Waals surface area contributed by atoms with Crippen LogP contribution in [0.2, 0.25) is 0 Å². The topological polar surface area (TPSA) is 12.0 Å². The average Bonchev–Trinajstić information content (AvgIpc) is 2.43. The summed E-state index contributed by atoms with van der Waals surface area (Å²) < 4.78 is 14.7. The van der Waals surface area contributed by atoms with Gasteiger partial charge in [0.15, 0.2) is 0 Å². The average molecular weight is 326 g/mol. The fraction of sp³-hybridized carbons (Fsp3) is 0.500. The van der Waals surface area contributed by atoms with Gasteiger partial charge in [0.1, 0.15) is 5.82 Å². The van der Waals surface area contributed by atoms with Gasteiger partial charge in [0.2, 0.25) is 0 Å². The van der Waals surface area contributed by atoms with E-state index in [1.165, 1.54) is 37.3 Å². The van der Waals surface area contributed by atoms with Crippen molar-refractivity contribution in [1.82, 2.24) is 5.32 Å². The third kappa shape index (κ3) is 4.43. The molecule has 0 amide bonds. The monoisotopic (exact) mass is 325 g/mol. The van der Waals surface area contributed by atoms with Gasteiger partial charge in [-0.3, -0.25) is 0 Å². The van der Waals surface area contributed by atoms with Crippen LogP contribution in [0.3, 0.4) is 0 Å². The Morgan fingerprint density at radius 3 is 2.84 bits per heavy atom. The summed E-state index contributed by atoms with van der Waals surface area (Å²) in [6.07, 6.45) is 9.16. The van der Waals surface area contributed by atoms with Crippen LogP contribution in [0.25, 0.3) is 0 Å². The van der Waals surface area contributed by atoms with Crippen LogP contribution in [-0.4, -0.2) is 13.1 Å². The van der Waals surface area contributed by atoms with E-state index in [9.17, 15) is 4.39 Å². The highest BCUT2D eigenvalue weighted by atomic mass is 79.9. The molecular formula is C16H21BrFN. The van der Waals surface area contributed by atoms with E-state index in [4.69, 9.17) is 0 Å². The van der Waals surface area contributed by atoms with E-state index in [0.717, 1.165) is 22.9 Å². The van der Waals surface area contributed by atoms with Crippen LogP contribution in [0, 0.1) is 5.82 Å². The van der Waals surface area contributed by atoms with Gasteiger partial charge in [-0.25, -0.2) is 4.39 Å². The summed E-state index contributed by atoms with van der Waals surface area (Å²) in [4.78, 5) is 0. The minimum atomic E-state index is -0.110. The van der Waals surface area contributed by atoms with Gasteiger partial charge in [-0.15, -0.1) is 0 Å². The predicted molar refractivity (Wildman–Crippen MR) is 81.8 cm³/mol. The van der Waals surface area contributed by atoms with Crippen molar-refractivity contribution in [1.29, 1.82) is 0 Å². The summed E-state index contributed by atoms with van der Waals surface area (Å²) in [5.74, 6) is -0.110. The van der Waals surface area contributed by atoms with Crippen molar-refractivity contribution in [2.75, 3.05) is 7.05 Å². The molecule has 1 aliphatic rings. The van der Waals surface area contributed by atoms with Gasteiger partial charge in [-0.05, 0) is 69.3 Å². The van der Waals surface area contributed by atoms with Gasteiger partial charge in [0.05, 0.1) is 0 Å². The molecule has 0 bridgehead atoms. The fourth-order valence-electron chi connectivity index (χ4n) is 2.65. The number of rotatable bonds is 5. The standard InChI is InChI=1S/C16H21BrFN/c1-19-15(9-12-5-3-2-4-6-12)11-13-10-14(17)7-8-16(13)18/h5,7-8,10,15,19H,2-4,6,9,11H2,1H3. The Morgan fingerprint density at radius 2 is 2.16 bits per heavy atom. The fourth-order valence-corrected chi connectivity index (χ4v) is 3.06. The zero-order chi connectivity index (χ0) is 13.7. The Hall–Kier alpha value is -0.670. The molecule has 1 nitrogen and oxygen atoms in total. The zero-order valence-corrected chi connectivity index (χ0v) is 13.0. The Bertz CT molecular complexity index is 456. The molecule has 0 saturated carbocycles. The second-order valence-electron chi connectivity index (χ2n) is 5.24. The molecule has 0 aliphatic heterocycles. The molecule has 19 heavy (non-hydrogen) atoms. The maximum absolute atomic E-state index is 13.8. The van der Waals surface area contributed by atoms with E-state index in [-0.39, 0.29) is 5.82 Å². The molecule has 1 aromatic carbocycles. The molecule has 0 saturated heterocycles. The summed E-state index contributed by atoms with van der Waals surface area (Å²) in [6, 6.07) is 5.48. The van der Waals surface area contributed by atoms with Crippen molar-refractivity contribution in [3.8, 4) is 0 Å². The van der Waals surface area contributed by atoms with Gasteiger partial charge < -0.3 is 5.32 Å². The first-order valence-electron chi connectivity index (χ1n) is 6.98. The SMILES string of the molecule is CNC(CC1=CCCCC1)Cc1cc(Br)ccc1F. The highest BCUT2D eigenvalue weighted by molar-refractivity contribution is 9.10. The molecule has 1 unspecified atom stereocenters. The molecule has 3 heteroatoms. The molecular weight excluding hydrogens is 305 g/mol. The van der Waals surface area contributed by atoms with Crippen molar-refractivity contribution >= 4 is 15.9 Å². The summed E-state index contributed by atoms with van der Waals surface area (Å²) in [5.41, 5.74) is 2.31. The molecule has 0 radical (unpaired) electrons. The van der Waals surface area contributed by atoms with Crippen molar-refractivity contribution in [3.05, 3.63) is 45.7 Å². The lowest BCUT2D eigenvalue weighted by atomic mass is 9.92. The van der Waals surface area contributed by atoms with Crippen molar-refractivity contribution in [2.45, 2.75) is 44.6 Å². The van der Waals surface area contributed by atoms with Gasteiger partial charge >= 0.3 is 0 Å². The van der Waals surface area contributed by atoms with Crippen LogP contribution in [0.5, 0.6) is 0 Å².